The zero-order valence-electron chi connectivity index (χ0n) is 16.0. The van der Waals surface area contributed by atoms with Crippen LogP contribution in [-0.2, 0) is 9.22 Å². The van der Waals surface area contributed by atoms with Crippen molar-refractivity contribution in [2.75, 3.05) is 0 Å². The molecule has 0 saturated heterocycles. The Labute approximate surface area is 145 Å². The molecule has 0 unspecified atom stereocenters. The number of thiocarbonyl (C=S) groups is 1. The third kappa shape index (κ3) is 8.40. The van der Waals surface area contributed by atoms with Crippen LogP contribution in [0.15, 0.2) is 11.8 Å². The molecule has 0 radical (unpaired) electrons. The average molecular weight is 376 g/mol. The molecule has 0 saturated carbocycles. The molecule has 128 valence electrons. The molecule has 0 atom stereocenters. The first-order valence-corrected chi connectivity index (χ1v) is 18.5. The van der Waals surface area contributed by atoms with Crippen LogP contribution < -0.4 is 0 Å². The number of hydrogen-bond donors (Lipinski definition) is 0. The quantitative estimate of drug-likeness (QED) is 0.356. The Hall–Kier alpha value is -0.249. The lowest BCUT2D eigenvalue weighted by Crippen LogP contribution is -2.58. The third-order valence-corrected chi connectivity index (χ3v) is 11.0. The molecule has 0 aliphatic heterocycles. The molecular weight excluding hydrogens is 342 g/mol. The second-order valence-corrected chi connectivity index (χ2v) is 23.9. The van der Waals surface area contributed by atoms with Crippen LogP contribution in [0.1, 0.15) is 13.3 Å². The van der Waals surface area contributed by atoms with Crippen LogP contribution in [0.2, 0.25) is 58.9 Å². The second-order valence-electron chi connectivity index (χ2n) is 8.72. The highest BCUT2D eigenvalue weighted by Gasteiger charge is 2.36. The van der Waals surface area contributed by atoms with Gasteiger partial charge in [0, 0.05) is 18.2 Å². The van der Waals surface area contributed by atoms with Crippen LogP contribution in [0.4, 0.5) is 0 Å². The fourth-order valence-corrected chi connectivity index (χ4v) is 13.7. The molecule has 3 nitrogen and oxygen atoms in total. The molecule has 0 bridgehead atoms. The molecule has 0 heterocycles. The summed E-state index contributed by atoms with van der Waals surface area (Å²) in [6, 6.07) is 0. The SMILES string of the molecule is CC(=S)CC(=CC(=O)O[Si](C)(C)C)N([Si](C)(C)C)[Si](C)(C)C. The molecule has 7 heteroatoms. The second kappa shape index (κ2) is 7.55. The van der Waals surface area contributed by atoms with Crippen LogP contribution in [0, 0.1) is 0 Å². The van der Waals surface area contributed by atoms with Gasteiger partial charge < -0.3 is 8.66 Å². The van der Waals surface area contributed by atoms with Gasteiger partial charge in [-0.25, -0.2) is 4.79 Å². The summed E-state index contributed by atoms with van der Waals surface area (Å²) in [6.45, 7) is 21.9. The van der Waals surface area contributed by atoms with Gasteiger partial charge >= 0.3 is 5.97 Å². The van der Waals surface area contributed by atoms with E-state index in [4.69, 9.17) is 16.6 Å². The monoisotopic (exact) mass is 375 g/mol. The highest BCUT2D eigenvalue weighted by Crippen LogP contribution is 2.27. The normalized spacial score (nSPS) is 13.8. The minimum Gasteiger partial charge on any atom is -0.517 e. The lowest BCUT2D eigenvalue weighted by Gasteiger charge is -2.47. The van der Waals surface area contributed by atoms with Gasteiger partial charge in [0.1, 0.15) is 16.5 Å². The van der Waals surface area contributed by atoms with E-state index in [1.54, 1.807) is 6.08 Å². The van der Waals surface area contributed by atoms with Crippen molar-refractivity contribution in [3.05, 3.63) is 11.8 Å². The maximum absolute atomic E-state index is 12.3. The summed E-state index contributed by atoms with van der Waals surface area (Å²) in [5, 5.41) is 0. The average Bonchev–Trinajstić information content (AvgIpc) is 2.05. The van der Waals surface area contributed by atoms with Crippen LogP contribution in [0.25, 0.3) is 0 Å². The van der Waals surface area contributed by atoms with E-state index in [1.807, 2.05) is 26.6 Å². The fraction of sp³-hybridized carbons (Fsp3) is 0.733. The van der Waals surface area contributed by atoms with E-state index in [2.05, 4.69) is 43.5 Å². The highest BCUT2D eigenvalue weighted by atomic mass is 32.1. The van der Waals surface area contributed by atoms with Gasteiger partial charge in [0.05, 0.1) is 0 Å². The lowest BCUT2D eigenvalue weighted by atomic mass is 10.2. The zero-order valence-corrected chi connectivity index (χ0v) is 19.8. The molecule has 22 heavy (non-hydrogen) atoms. The Bertz CT molecular complexity index is 443. The Morgan fingerprint density at radius 3 is 1.68 bits per heavy atom. The van der Waals surface area contributed by atoms with E-state index in [1.165, 1.54) is 0 Å². The van der Waals surface area contributed by atoms with E-state index in [9.17, 15) is 4.79 Å². The first-order chi connectivity index (χ1) is 9.54. The molecule has 0 aromatic heterocycles. The summed E-state index contributed by atoms with van der Waals surface area (Å²) in [5.74, 6) is -0.216. The summed E-state index contributed by atoms with van der Waals surface area (Å²) in [7, 11) is -5.09. The molecule has 0 aliphatic rings. The topological polar surface area (TPSA) is 29.5 Å². The van der Waals surface area contributed by atoms with Crippen molar-refractivity contribution >= 4 is 47.8 Å². The predicted octanol–water partition coefficient (Wildman–Crippen LogP) is 5.00. The molecule has 0 N–H and O–H groups in total. The van der Waals surface area contributed by atoms with Crippen LogP contribution in [-0.4, -0.2) is 39.9 Å². The summed E-state index contributed by atoms with van der Waals surface area (Å²) in [5.41, 5.74) is 1.05. The van der Waals surface area contributed by atoms with E-state index in [0.717, 1.165) is 10.6 Å². The number of hydrogen-bond acceptors (Lipinski definition) is 4. The molecule has 0 rings (SSSR count). The minimum absolute atomic E-state index is 0.216. The highest BCUT2D eigenvalue weighted by molar-refractivity contribution is 7.80. The van der Waals surface area contributed by atoms with Gasteiger partial charge in [-0.3, -0.25) is 0 Å². The van der Waals surface area contributed by atoms with Crippen molar-refractivity contribution in [2.24, 2.45) is 0 Å². The first kappa shape index (κ1) is 21.8. The number of carbonyl (C=O) groups is 1. The molecule has 0 fully saturated rings. The Morgan fingerprint density at radius 1 is 1.00 bits per heavy atom. The van der Waals surface area contributed by atoms with Gasteiger partial charge in [-0.05, 0) is 31.4 Å². The molecule has 0 spiro atoms. The summed E-state index contributed by atoms with van der Waals surface area (Å²) >= 11 is 5.32. The number of carbonyl (C=O) groups excluding carboxylic acids is 1. The number of allylic oxidation sites excluding steroid dienone is 1. The van der Waals surface area contributed by atoms with Crippen LogP contribution in [0.3, 0.4) is 0 Å². The lowest BCUT2D eigenvalue weighted by molar-refractivity contribution is -0.129. The van der Waals surface area contributed by atoms with Gasteiger partial charge in [0.15, 0.2) is 0 Å². The van der Waals surface area contributed by atoms with Crippen molar-refractivity contribution in [3.8, 4) is 0 Å². The van der Waals surface area contributed by atoms with E-state index < -0.39 is 24.8 Å². The summed E-state index contributed by atoms with van der Waals surface area (Å²) in [6.07, 6.45) is 2.37. The van der Waals surface area contributed by atoms with E-state index in [-0.39, 0.29) is 5.97 Å². The number of rotatable bonds is 7. The van der Waals surface area contributed by atoms with E-state index >= 15 is 0 Å². The maximum atomic E-state index is 12.3. The molecule has 0 amide bonds. The Kier molecular flexibility index (Phi) is 7.46. The van der Waals surface area contributed by atoms with Crippen molar-refractivity contribution in [3.63, 3.8) is 0 Å². The maximum Gasteiger partial charge on any atom is 0.319 e. The van der Waals surface area contributed by atoms with Crippen LogP contribution >= 0.6 is 12.2 Å². The standard InChI is InChI=1S/C15H33NO2SSi3/c1-13(19)11-14(12-15(17)18-22(8,9)10)16(20(2,3)4)21(5,6)7/h12H,11H2,1-10H3. The third-order valence-electron chi connectivity index (χ3n) is 2.75. The predicted molar refractivity (Wildman–Crippen MR) is 109 cm³/mol. The van der Waals surface area contributed by atoms with Crippen LogP contribution in [0.5, 0.6) is 0 Å². The van der Waals surface area contributed by atoms with Gasteiger partial charge in [0.2, 0.25) is 8.32 Å². The van der Waals surface area contributed by atoms with Gasteiger partial charge in [-0.15, -0.1) is 0 Å². The largest absolute Gasteiger partial charge is 0.517 e. The van der Waals surface area contributed by atoms with Gasteiger partial charge in [-0.2, -0.15) is 0 Å². The fourth-order valence-electron chi connectivity index (χ4n) is 2.78. The van der Waals surface area contributed by atoms with Crippen molar-refractivity contribution in [1.29, 1.82) is 0 Å². The van der Waals surface area contributed by atoms with Crippen molar-refractivity contribution in [2.45, 2.75) is 72.3 Å². The molecule has 0 aromatic rings. The Balaban J connectivity index is 5.78. The molecule has 0 aromatic carbocycles. The van der Waals surface area contributed by atoms with Crippen molar-refractivity contribution in [1.82, 2.24) is 4.23 Å². The van der Waals surface area contributed by atoms with Gasteiger partial charge in [0.25, 0.3) is 0 Å². The number of nitrogens with zero attached hydrogens (tertiary/aromatic N) is 1. The molecule has 0 aliphatic carbocycles. The first-order valence-electron chi connectivity index (χ1n) is 7.77. The minimum atomic E-state index is -1.88. The van der Waals surface area contributed by atoms with E-state index in [0.29, 0.717) is 6.42 Å². The summed E-state index contributed by atoms with van der Waals surface area (Å²) in [4.78, 5) is 13.2. The van der Waals surface area contributed by atoms with Crippen molar-refractivity contribution < 1.29 is 9.22 Å². The summed E-state index contributed by atoms with van der Waals surface area (Å²) < 4.78 is 8.15. The molecular formula is C15H33NO2SSi3. The Morgan fingerprint density at radius 2 is 1.41 bits per heavy atom. The smallest absolute Gasteiger partial charge is 0.319 e. The zero-order chi connectivity index (χ0) is 17.9. The van der Waals surface area contributed by atoms with Gasteiger partial charge in [-0.1, -0.05) is 51.5 Å².